The third-order valence-corrected chi connectivity index (χ3v) is 1.59. The number of aliphatic hydroxyl groups is 3. The summed E-state index contributed by atoms with van der Waals surface area (Å²) < 4.78 is 0. The average molecular weight is 157 g/mol. The number of hydrogen-bond donors (Lipinski definition) is 4. The van der Waals surface area contributed by atoms with Gasteiger partial charge < -0.3 is 20.6 Å². The molecule has 0 fully saturated rings. The SMILES string of the molecule is CC1=C(O)C=C(CO)C(O)N1. The lowest BCUT2D eigenvalue weighted by Gasteiger charge is -2.21. The summed E-state index contributed by atoms with van der Waals surface area (Å²) in [7, 11) is 0. The topological polar surface area (TPSA) is 72.7 Å². The molecule has 0 aromatic rings. The van der Waals surface area contributed by atoms with Crippen LogP contribution in [0.25, 0.3) is 0 Å². The van der Waals surface area contributed by atoms with Crippen molar-refractivity contribution in [3.63, 3.8) is 0 Å². The second kappa shape index (κ2) is 2.94. The van der Waals surface area contributed by atoms with Crippen molar-refractivity contribution in [3.05, 3.63) is 23.1 Å². The third kappa shape index (κ3) is 1.53. The van der Waals surface area contributed by atoms with Gasteiger partial charge in [0.25, 0.3) is 0 Å². The van der Waals surface area contributed by atoms with Crippen LogP contribution in [-0.4, -0.2) is 28.2 Å². The van der Waals surface area contributed by atoms with E-state index in [0.29, 0.717) is 11.3 Å². The second-order valence-corrected chi connectivity index (χ2v) is 2.43. The maximum atomic E-state index is 9.17. The van der Waals surface area contributed by atoms with Gasteiger partial charge in [0, 0.05) is 5.57 Å². The number of nitrogens with one attached hydrogen (secondary N) is 1. The maximum Gasteiger partial charge on any atom is 0.149 e. The van der Waals surface area contributed by atoms with Crippen LogP contribution in [0.5, 0.6) is 0 Å². The first-order valence-corrected chi connectivity index (χ1v) is 3.31. The summed E-state index contributed by atoms with van der Waals surface area (Å²) in [4.78, 5) is 0. The molecular weight excluding hydrogens is 146 g/mol. The molecule has 4 N–H and O–H groups in total. The van der Waals surface area contributed by atoms with E-state index in [1.165, 1.54) is 6.08 Å². The fourth-order valence-corrected chi connectivity index (χ4v) is 0.867. The molecule has 1 atom stereocenters. The molecule has 11 heavy (non-hydrogen) atoms. The average Bonchev–Trinajstić information content (AvgIpc) is 1.97. The van der Waals surface area contributed by atoms with Gasteiger partial charge in [0.1, 0.15) is 12.0 Å². The van der Waals surface area contributed by atoms with Crippen LogP contribution >= 0.6 is 0 Å². The largest absolute Gasteiger partial charge is 0.506 e. The van der Waals surface area contributed by atoms with Gasteiger partial charge in [-0.3, -0.25) is 0 Å². The Labute approximate surface area is 64.5 Å². The molecule has 1 unspecified atom stereocenters. The molecule has 0 saturated carbocycles. The van der Waals surface area contributed by atoms with E-state index >= 15 is 0 Å². The molecule has 1 aliphatic rings. The van der Waals surface area contributed by atoms with Gasteiger partial charge in [-0.1, -0.05) is 0 Å². The first kappa shape index (κ1) is 8.10. The van der Waals surface area contributed by atoms with Crippen LogP contribution in [0.1, 0.15) is 6.92 Å². The minimum atomic E-state index is -0.879. The summed E-state index contributed by atoms with van der Waals surface area (Å²) >= 11 is 0. The summed E-state index contributed by atoms with van der Waals surface area (Å²) in [5.41, 5.74) is 0.878. The number of aliphatic hydroxyl groups excluding tert-OH is 3. The predicted molar refractivity (Wildman–Crippen MR) is 39.6 cm³/mol. The summed E-state index contributed by atoms with van der Waals surface area (Å²) in [6, 6.07) is 0. The number of allylic oxidation sites excluding steroid dienone is 2. The van der Waals surface area contributed by atoms with Gasteiger partial charge >= 0.3 is 0 Å². The summed E-state index contributed by atoms with van der Waals surface area (Å²) in [6.45, 7) is 1.38. The lowest BCUT2D eigenvalue weighted by molar-refractivity contribution is 0.158. The summed E-state index contributed by atoms with van der Waals surface area (Å²) in [5.74, 6) is 0.0550. The van der Waals surface area contributed by atoms with E-state index < -0.39 is 6.23 Å². The molecule has 0 radical (unpaired) electrons. The monoisotopic (exact) mass is 157 g/mol. The highest BCUT2D eigenvalue weighted by atomic mass is 16.3. The van der Waals surface area contributed by atoms with E-state index in [2.05, 4.69) is 5.32 Å². The maximum absolute atomic E-state index is 9.17. The number of hydrogen-bond acceptors (Lipinski definition) is 4. The summed E-state index contributed by atoms with van der Waals surface area (Å²) in [5, 5.41) is 29.5. The molecule has 4 heteroatoms. The van der Waals surface area contributed by atoms with Crippen LogP contribution < -0.4 is 5.32 Å². The molecule has 1 heterocycles. The van der Waals surface area contributed by atoms with Crippen LogP contribution in [0.4, 0.5) is 0 Å². The molecular formula is C7H11NO3. The van der Waals surface area contributed by atoms with Crippen molar-refractivity contribution in [3.8, 4) is 0 Å². The van der Waals surface area contributed by atoms with E-state index in [1.807, 2.05) is 0 Å². The van der Waals surface area contributed by atoms with Crippen molar-refractivity contribution in [1.82, 2.24) is 5.32 Å². The van der Waals surface area contributed by atoms with Gasteiger partial charge in [-0.2, -0.15) is 0 Å². The second-order valence-electron chi connectivity index (χ2n) is 2.43. The molecule has 62 valence electrons. The van der Waals surface area contributed by atoms with Gasteiger partial charge in [-0.05, 0) is 13.0 Å². The highest BCUT2D eigenvalue weighted by Gasteiger charge is 2.16. The molecule has 0 aromatic carbocycles. The van der Waals surface area contributed by atoms with E-state index in [-0.39, 0.29) is 12.4 Å². The smallest absolute Gasteiger partial charge is 0.149 e. The number of dihydropyridines is 1. The molecule has 0 amide bonds. The van der Waals surface area contributed by atoms with Crippen molar-refractivity contribution in [2.45, 2.75) is 13.2 Å². The minimum Gasteiger partial charge on any atom is -0.506 e. The Morgan fingerprint density at radius 1 is 1.64 bits per heavy atom. The van der Waals surface area contributed by atoms with Gasteiger partial charge in [0.05, 0.1) is 12.3 Å². The highest BCUT2D eigenvalue weighted by molar-refractivity contribution is 5.29. The van der Waals surface area contributed by atoms with E-state index in [9.17, 15) is 5.11 Å². The Morgan fingerprint density at radius 2 is 2.27 bits per heavy atom. The van der Waals surface area contributed by atoms with Gasteiger partial charge in [0.15, 0.2) is 0 Å². The predicted octanol–water partition coefficient (Wildman–Crippen LogP) is -0.384. The Kier molecular flexibility index (Phi) is 2.16. The first-order valence-electron chi connectivity index (χ1n) is 3.31. The molecule has 1 aliphatic heterocycles. The molecule has 1 rings (SSSR count). The Balaban J connectivity index is 2.87. The molecule has 0 aliphatic carbocycles. The van der Waals surface area contributed by atoms with Crippen molar-refractivity contribution in [1.29, 1.82) is 0 Å². The highest BCUT2D eigenvalue weighted by Crippen LogP contribution is 2.12. The molecule has 0 spiro atoms. The van der Waals surface area contributed by atoms with Crippen molar-refractivity contribution >= 4 is 0 Å². The standard InChI is InChI=1S/C7H11NO3/c1-4-6(10)2-5(3-9)7(11)8-4/h2,7-11H,3H2,1H3. The van der Waals surface area contributed by atoms with E-state index in [0.717, 1.165) is 0 Å². The van der Waals surface area contributed by atoms with Crippen molar-refractivity contribution in [2.24, 2.45) is 0 Å². The van der Waals surface area contributed by atoms with E-state index in [4.69, 9.17) is 10.2 Å². The van der Waals surface area contributed by atoms with Crippen LogP contribution in [0.2, 0.25) is 0 Å². The molecule has 0 bridgehead atoms. The quantitative estimate of drug-likeness (QED) is 0.418. The molecule has 0 aromatic heterocycles. The zero-order chi connectivity index (χ0) is 8.43. The fourth-order valence-electron chi connectivity index (χ4n) is 0.867. The Bertz CT molecular complexity index is 220. The molecule has 4 nitrogen and oxygen atoms in total. The Morgan fingerprint density at radius 3 is 2.82 bits per heavy atom. The lowest BCUT2D eigenvalue weighted by atomic mass is 10.1. The first-order chi connectivity index (χ1) is 5.15. The normalized spacial score (nSPS) is 24.6. The number of rotatable bonds is 1. The fraction of sp³-hybridized carbons (Fsp3) is 0.429. The minimum absolute atomic E-state index is 0.0550. The van der Waals surface area contributed by atoms with Gasteiger partial charge in [0.2, 0.25) is 0 Å². The van der Waals surface area contributed by atoms with E-state index in [1.54, 1.807) is 6.92 Å². The third-order valence-electron chi connectivity index (χ3n) is 1.59. The van der Waals surface area contributed by atoms with Gasteiger partial charge in [-0.25, -0.2) is 0 Å². The van der Waals surface area contributed by atoms with Gasteiger partial charge in [-0.15, -0.1) is 0 Å². The zero-order valence-corrected chi connectivity index (χ0v) is 6.20. The van der Waals surface area contributed by atoms with Crippen LogP contribution in [0.3, 0.4) is 0 Å². The van der Waals surface area contributed by atoms with Crippen molar-refractivity contribution < 1.29 is 15.3 Å². The van der Waals surface area contributed by atoms with Crippen LogP contribution in [-0.2, 0) is 0 Å². The van der Waals surface area contributed by atoms with Crippen molar-refractivity contribution in [2.75, 3.05) is 6.61 Å². The Hall–Kier alpha value is -1.00. The lowest BCUT2D eigenvalue weighted by Crippen LogP contribution is -2.34. The van der Waals surface area contributed by atoms with Crippen LogP contribution in [0.15, 0.2) is 23.1 Å². The molecule has 0 saturated heterocycles. The van der Waals surface area contributed by atoms with Crippen LogP contribution in [0, 0.1) is 0 Å². The summed E-state index contributed by atoms with van der Waals surface area (Å²) in [6.07, 6.45) is 0.479. The zero-order valence-electron chi connectivity index (χ0n) is 6.20.